The van der Waals surface area contributed by atoms with Crippen LogP contribution in [0.3, 0.4) is 0 Å². The summed E-state index contributed by atoms with van der Waals surface area (Å²) in [5, 5.41) is 13.6. The first kappa shape index (κ1) is 29.8. The molecule has 1 unspecified atom stereocenters. The molecule has 2 rings (SSSR count). The highest BCUT2D eigenvalue weighted by atomic mass is 16.5. The molecule has 0 bridgehead atoms. The zero-order chi connectivity index (χ0) is 26.7. The van der Waals surface area contributed by atoms with Crippen LogP contribution in [-0.4, -0.2) is 61.5 Å². The summed E-state index contributed by atoms with van der Waals surface area (Å²) >= 11 is 0. The Hall–Kier alpha value is -2.42. The molecule has 1 aromatic rings. The zero-order valence-electron chi connectivity index (χ0n) is 22.4. The molecule has 1 aromatic carbocycles. The number of carbonyl (C=O) groups is 2. The quantitative estimate of drug-likeness (QED) is 0.250. The van der Waals surface area contributed by atoms with Crippen molar-refractivity contribution in [3.05, 3.63) is 36.9 Å². The number of ether oxygens (including phenoxy) is 2. The van der Waals surface area contributed by atoms with Crippen LogP contribution in [0.1, 0.15) is 59.8 Å². The van der Waals surface area contributed by atoms with Gasteiger partial charge < -0.3 is 30.5 Å². The Balaban J connectivity index is 1.96. The number of nitrogens with zero attached hydrogens (tertiary/aromatic N) is 1. The van der Waals surface area contributed by atoms with E-state index < -0.39 is 17.6 Å². The molecular weight excluding hydrogens is 458 g/mol. The number of aliphatic hydroxyl groups is 1. The lowest BCUT2D eigenvalue weighted by atomic mass is 9.80. The van der Waals surface area contributed by atoms with E-state index in [1.807, 2.05) is 38.1 Å². The highest BCUT2D eigenvalue weighted by Crippen LogP contribution is 2.36. The maximum absolute atomic E-state index is 13.5. The van der Waals surface area contributed by atoms with Gasteiger partial charge >= 0.3 is 0 Å². The Morgan fingerprint density at radius 2 is 2.11 bits per heavy atom. The average Bonchev–Trinajstić information content (AvgIpc) is 2.83. The van der Waals surface area contributed by atoms with Gasteiger partial charge in [0.2, 0.25) is 11.8 Å². The van der Waals surface area contributed by atoms with E-state index in [0.717, 1.165) is 18.5 Å². The first-order chi connectivity index (χ1) is 17.1. The van der Waals surface area contributed by atoms with Crippen LogP contribution in [0.5, 0.6) is 5.75 Å². The fraction of sp³-hybridized carbons (Fsp3) is 0.643. The second-order valence-corrected chi connectivity index (χ2v) is 10.6. The number of rotatable bonds is 15. The number of amides is 2. The van der Waals surface area contributed by atoms with Gasteiger partial charge in [-0.15, -0.1) is 6.58 Å². The van der Waals surface area contributed by atoms with Crippen molar-refractivity contribution in [1.29, 1.82) is 0 Å². The Morgan fingerprint density at radius 3 is 2.81 bits per heavy atom. The van der Waals surface area contributed by atoms with Crippen molar-refractivity contribution in [3.8, 4) is 5.75 Å². The van der Waals surface area contributed by atoms with Crippen LogP contribution in [0.2, 0.25) is 0 Å². The number of benzene rings is 1. The topological polar surface area (TPSA) is 114 Å². The molecule has 8 nitrogen and oxygen atoms in total. The molecular formula is C28H45N3O5. The minimum absolute atomic E-state index is 0.0326. The second-order valence-electron chi connectivity index (χ2n) is 10.6. The molecule has 4 atom stereocenters. The van der Waals surface area contributed by atoms with Gasteiger partial charge in [-0.1, -0.05) is 52.3 Å². The van der Waals surface area contributed by atoms with E-state index in [4.69, 9.17) is 15.2 Å². The molecule has 1 heterocycles. The van der Waals surface area contributed by atoms with Crippen molar-refractivity contribution < 1.29 is 24.2 Å². The maximum atomic E-state index is 13.5. The van der Waals surface area contributed by atoms with E-state index in [2.05, 4.69) is 18.8 Å². The Kier molecular flexibility index (Phi) is 11.9. The number of nitrogens with one attached hydrogen (secondary N) is 1. The Bertz CT molecular complexity index is 859. The molecule has 0 saturated carbocycles. The number of para-hydroxylation sites is 2. The Labute approximate surface area is 216 Å². The largest absolute Gasteiger partial charge is 0.484 e. The summed E-state index contributed by atoms with van der Waals surface area (Å²) in [5.74, 6) is 0.217. The zero-order valence-corrected chi connectivity index (χ0v) is 22.4. The van der Waals surface area contributed by atoms with Crippen LogP contribution < -0.4 is 20.7 Å². The highest BCUT2D eigenvalue weighted by molar-refractivity contribution is 5.95. The van der Waals surface area contributed by atoms with Gasteiger partial charge in [0.1, 0.15) is 11.9 Å². The van der Waals surface area contributed by atoms with E-state index in [1.165, 1.54) is 0 Å². The van der Waals surface area contributed by atoms with Crippen molar-refractivity contribution in [2.24, 2.45) is 17.1 Å². The van der Waals surface area contributed by atoms with Crippen molar-refractivity contribution in [3.63, 3.8) is 0 Å². The molecule has 202 valence electrons. The number of unbranched alkanes of at least 4 members (excludes halogenated alkanes) is 1. The van der Waals surface area contributed by atoms with Crippen LogP contribution in [0.15, 0.2) is 36.9 Å². The van der Waals surface area contributed by atoms with E-state index >= 15 is 0 Å². The number of aliphatic hydroxyl groups excluding tert-OH is 1. The van der Waals surface area contributed by atoms with E-state index in [9.17, 15) is 14.7 Å². The van der Waals surface area contributed by atoms with Crippen molar-refractivity contribution in [2.75, 3.05) is 31.2 Å². The lowest BCUT2D eigenvalue weighted by Crippen LogP contribution is -2.47. The van der Waals surface area contributed by atoms with Crippen molar-refractivity contribution in [1.82, 2.24) is 5.32 Å². The third-order valence-corrected chi connectivity index (χ3v) is 6.46. The van der Waals surface area contributed by atoms with Gasteiger partial charge in [-0.05, 0) is 36.8 Å². The lowest BCUT2D eigenvalue weighted by molar-refractivity contribution is -0.125. The summed E-state index contributed by atoms with van der Waals surface area (Å²) < 4.78 is 11.6. The van der Waals surface area contributed by atoms with Crippen LogP contribution in [0.25, 0.3) is 0 Å². The molecule has 2 amide bonds. The maximum Gasteiger partial charge on any atom is 0.227 e. The van der Waals surface area contributed by atoms with E-state index in [0.29, 0.717) is 38.5 Å². The number of anilines is 1. The van der Waals surface area contributed by atoms with Gasteiger partial charge in [-0.2, -0.15) is 0 Å². The molecule has 0 fully saturated rings. The number of fused-ring (bicyclic) bond motifs is 1. The fourth-order valence-corrected chi connectivity index (χ4v) is 4.46. The van der Waals surface area contributed by atoms with Crippen molar-refractivity contribution in [2.45, 2.75) is 78.0 Å². The van der Waals surface area contributed by atoms with Gasteiger partial charge in [0.15, 0.2) is 0 Å². The molecule has 1 aliphatic heterocycles. The van der Waals surface area contributed by atoms with E-state index in [1.54, 1.807) is 17.9 Å². The van der Waals surface area contributed by atoms with Crippen molar-refractivity contribution >= 4 is 17.5 Å². The lowest BCUT2D eigenvalue weighted by Gasteiger charge is -2.37. The van der Waals surface area contributed by atoms with Crippen LogP contribution in [-0.2, 0) is 14.3 Å². The smallest absolute Gasteiger partial charge is 0.227 e. The predicted octanol–water partition coefficient (Wildman–Crippen LogP) is 3.42. The minimum Gasteiger partial charge on any atom is -0.484 e. The van der Waals surface area contributed by atoms with Gasteiger partial charge in [0, 0.05) is 24.9 Å². The third kappa shape index (κ3) is 9.22. The number of carbonyl (C=O) groups excluding carboxylic acids is 2. The molecule has 0 radical (unpaired) electrons. The molecule has 0 aromatic heterocycles. The second kappa shape index (κ2) is 14.4. The normalized spacial score (nSPS) is 17.9. The molecule has 0 saturated heterocycles. The fourth-order valence-electron chi connectivity index (χ4n) is 4.46. The molecule has 0 spiro atoms. The minimum atomic E-state index is -0.832. The molecule has 8 heteroatoms. The number of hydrogen-bond acceptors (Lipinski definition) is 6. The molecule has 4 N–H and O–H groups in total. The predicted molar refractivity (Wildman–Crippen MR) is 143 cm³/mol. The Morgan fingerprint density at radius 1 is 1.39 bits per heavy atom. The average molecular weight is 504 g/mol. The van der Waals surface area contributed by atoms with E-state index in [-0.39, 0.29) is 36.7 Å². The third-order valence-electron chi connectivity index (χ3n) is 6.46. The summed E-state index contributed by atoms with van der Waals surface area (Å²) in [6.45, 7) is 13.3. The first-order valence-corrected chi connectivity index (χ1v) is 13.0. The summed E-state index contributed by atoms with van der Waals surface area (Å²) in [7, 11) is 0. The van der Waals surface area contributed by atoms with Gasteiger partial charge in [0.05, 0.1) is 31.5 Å². The van der Waals surface area contributed by atoms with Crippen LogP contribution >= 0.6 is 0 Å². The van der Waals surface area contributed by atoms with Gasteiger partial charge in [0.25, 0.3) is 0 Å². The molecule has 0 aliphatic carbocycles. The number of hydrogen-bond donors (Lipinski definition) is 3. The first-order valence-electron chi connectivity index (χ1n) is 13.0. The molecule has 1 aliphatic rings. The standard InChI is InChI=1S/C28H45N3O5/c1-6-8-13-30-27(34)20(3)15-24(32)22(29)16-28(4,5)17-26(33)31-18-21(19-35-14-7-2)36-25-12-10-9-11-23(25)31/h7,9-12,20-22,24,32H,2,6,8,13-19,29H2,1,3-5H3,(H,30,34)/t20-,21?,22+,24+/m1/s1. The van der Waals surface area contributed by atoms with Crippen LogP contribution in [0, 0.1) is 11.3 Å². The molecule has 36 heavy (non-hydrogen) atoms. The van der Waals surface area contributed by atoms with Crippen LogP contribution in [0.4, 0.5) is 5.69 Å². The van der Waals surface area contributed by atoms with Gasteiger partial charge in [-0.3, -0.25) is 9.59 Å². The monoisotopic (exact) mass is 503 g/mol. The summed E-state index contributed by atoms with van der Waals surface area (Å²) in [4.78, 5) is 27.5. The van der Waals surface area contributed by atoms with Gasteiger partial charge in [-0.25, -0.2) is 0 Å². The SMILES string of the molecule is C=CCOCC1CN(C(=O)CC(C)(C)C[C@H](N)[C@@H](O)C[C@@H](C)C(=O)NCCCC)c2ccccc2O1. The number of nitrogens with two attached hydrogens (primary N) is 1. The summed E-state index contributed by atoms with van der Waals surface area (Å²) in [6.07, 6.45) is 3.50. The highest BCUT2D eigenvalue weighted by Gasteiger charge is 2.34. The summed E-state index contributed by atoms with van der Waals surface area (Å²) in [5.41, 5.74) is 6.63. The summed E-state index contributed by atoms with van der Waals surface area (Å²) in [6, 6.07) is 6.95.